The van der Waals surface area contributed by atoms with Gasteiger partial charge in [-0.1, -0.05) is 30.0 Å². The number of hydrogen-bond donors (Lipinski definition) is 0. The Morgan fingerprint density at radius 1 is 1.20 bits per heavy atom. The summed E-state index contributed by atoms with van der Waals surface area (Å²) in [5.41, 5.74) is 1.34. The molecule has 0 aliphatic heterocycles. The van der Waals surface area contributed by atoms with Crippen LogP contribution in [0, 0.1) is 11.3 Å². The molecule has 5 nitrogen and oxygen atoms in total. The first-order chi connectivity index (χ1) is 12.3. The molecule has 0 saturated heterocycles. The van der Waals surface area contributed by atoms with Crippen LogP contribution in [0.2, 0.25) is 0 Å². The Labute approximate surface area is 149 Å². The zero-order valence-electron chi connectivity index (χ0n) is 13.3. The highest BCUT2D eigenvalue weighted by Gasteiger charge is 2.18. The number of amides is 1. The molecule has 0 atom stereocenters. The van der Waals surface area contributed by atoms with Crippen LogP contribution >= 0.6 is 11.8 Å². The van der Waals surface area contributed by atoms with Crippen molar-refractivity contribution in [2.75, 3.05) is 10.7 Å². The first-order valence-electron chi connectivity index (χ1n) is 7.63. The summed E-state index contributed by atoms with van der Waals surface area (Å²) in [5.74, 6) is 0.876. The summed E-state index contributed by atoms with van der Waals surface area (Å²) < 4.78 is 5.38. The van der Waals surface area contributed by atoms with Crippen molar-refractivity contribution in [3.63, 3.8) is 0 Å². The van der Waals surface area contributed by atoms with E-state index < -0.39 is 0 Å². The van der Waals surface area contributed by atoms with Gasteiger partial charge in [0.2, 0.25) is 5.91 Å². The van der Waals surface area contributed by atoms with E-state index in [1.54, 1.807) is 35.6 Å². The summed E-state index contributed by atoms with van der Waals surface area (Å²) >= 11 is 1.31. The number of thioether (sulfide) groups is 1. The summed E-state index contributed by atoms with van der Waals surface area (Å²) in [6, 6.07) is 18.5. The van der Waals surface area contributed by atoms with Crippen LogP contribution in [-0.4, -0.2) is 16.6 Å². The molecule has 2 heterocycles. The van der Waals surface area contributed by atoms with E-state index in [0.29, 0.717) is 22.9 Å². The fourth-order valence-electron chi connectivity index (χ4n) is 2.26. The number of nitrogens with zero attached hydrogens (tertiary/aromatic N) is 3. The van der Waals surface area contributed by atoms with Crippen LogP contribution in [0.15, 0.2) is 76.5 Å². The third kappa shape index (κ3) is 4.49. The van der Waals surface area contributed by atoms with Gasteiger partial charge in [-0.05, 0) is 36.4 Å². The molecule has 124 valence electrons. The lowest BCUT2D eigenvalue weighted by Gasteiger charge is -2.21. The average Bonchev–Trinajstić information content (AvgIpc) is 3.18. The van der Waals surface area contributed by atoms with Gasteiger partial charge in [-0.2, -0.15) is 5.26 Å². The maximum atomic E-state index is 12.8. The van der Waals surface area contributed by atoms with E-state index in [2.05, 4.69) is 11.1 Å². The van der Waals surface area contributed by atoms with E-state index in [0.717, 1.165) is 5.69 Å². The zero-order valence-corrected chi connectivity index (χ0v) is 14.1. The number of anilines is 1. The predicted molar refractivity (Wildman–Crippen MR) is 96.0 cm³/mol. The third-order valence-corrected chi connectivity index (χ3v) is 4.38. The molecule has 0 N–H and O–H groups in total. The van der Waals surface area contributed by atoms with Crippen LogP contribution in [0.25, 0.3) is 0 Å². The zero-order chi connectivity index (χ0) is 17.5. The second-order valence-electron chi connectivity index (χ2n) is 5.18. The van der Waals surface area contributed by atoms with Crippen molar-refractivity contribution in [1.82, 2.24) is 4.98 Å². The van der Waals surface area contributed by atoms with Crippen molar-refractivity contribution >= 4 is 23.4 Å². The smallest absolute Gasteiger partial charge is 0.237 e. The number of aromatic nitrogens is 1. The van der Waals surface area contributed by atoms with Gasteiger partial charge in [0.15, 0.2) is 0 Å². The van der Waals surface area contributed by atoms with Gasteiger partial charge in [0, 0.05) is 11.9 Å². The number of furan rings is 1. The molecular formula is C19H15N3O2S. The average molecular weight is 349 g/mol. The maximum Gasteiger partial charge on any atom is 0.237 e. The summed E-state index contributed by atoms with van der Waals surface area (Å²) in [6.45, 7) is 0.363. The van der Waals surface area contributed by atoms with E-state index in [-0.39, 0.29) is 11.7 Å². The summed E-state index contributed by atoms with van der Waals surface area (Å²) in [6.07, 6.45) is 3.16. The molecule has 1 aromatic carbocycles. The van der Waals surface area contributed by atoms with Crippen molar-refractivity contribution in [3.8, 4) is 6.07 Å². The van der Waals surface area contributed by atoms with Gasteiger partial charge in [-0.3, -0.25) is 4.79 Å². The Kier molecular flexibility index (Phi) is 5.50. The van der Waals surface area contributed by atoms with Gasteiger partial charge in [0.1, 0.15) is 5.76 Å². The number of carbonyl (C=O) groups excluding carboxylic acids is 1. The quantitative estimate of drug-likeness (QED) is 0.632. The number of hydrogen-bond acceptors (Lipinski definition) is 5. The van der Waals surface area contributed by atoms with Crippen LogP contribution in [0.4, 0.5) is 5.69 Å². The second-order valence-corrected chi connectivity index (χ2v) is 6.17. The lowest BCUT2D eigenvalue weighted by Crippen LogP contribution is -2.31. The number of rotatable bonds is 6. The number of carbonyl (C=O) groups is 1. The standard InChI is InChI=1S/C19H15N3O2S/c20-12-15-8-9-21-18(11-15)25-14-19(23)22(13-17-7-4-10-24-17)16-5-2-1-3-6-16/h1-11H,13-14H2. The molecule has 0 fully saturated rings. The minimum atomic E-state index is -0.0586. The number of para-hydroxylation sites is 1. The molecule has 0 aliphatic carbocycles. The molecule has 2 aromatic heterocycles. The van der Waals surface area contributed by atoms with Crippen LogP contribution in [0.1, 0.15) is 11.3 Å². The predicted octanol–water partition coefficient (Wildman–Crippen LogP) is 3.87. The van der Waals surface area contributed by atoms with Crippen molar-refractivity contribution in [2.24, 2.45) is 0 Å². The van der Waals surface area contributed by atoms with E-state index in [1.165, 1.54) is 11.8 Å². The Hall–Kier alpha value is -3.04. The van der Waals surface area contributed by atoms with E-state index in [9.17, 15) is 4.79 Å². The van der Waals surface area contributed by atoms with Gasteiger partial charge < -0.3 is 9.32 Å². The monoisotopic (exact) mass is 349 g/mol. The van der Waals surface area contributed by atoms with E-state index in [1.807, 2.05) is 36.4 Å². The Balaban J connectivity index is 1.73. The van der Waals surface area contributed by atoms with E-state index >= 15 is 0 Å². The molecule has 1 amide bonds. The highest BCUT2D eigenvalue weighted by molar-refractivity contribution is 7.99. The van der Waals surface area contributed by atoms with Gasteiger partial charge in [0.25, 0.3) is 0 Å². The number of pyridine rings is 1. The fraction of sp³-hybridized carbons (Fsp3) is 0.105. The first-order valence-corrected chi connectivity index (χ1v) is 8.61. The Bertz CT molecular complexity index is 873. The molecule has 0 radical (unpaired) electrons. The largest absolute Gasteiger partial charge is 0.467 e. The van der Waals surface area contributed by atoms with Crippen molar-refractivity contribution in [3.05, 3.63) is 78.4 Å². The molecule has 0 aliphatic rings. The minimum absolute atomic E-state index is 0.0586. The summed E-state index contributed by atoms with van der Waals surface area (Å²) in [4.78, 5) is 18.6. The Morgan fingerprint density at radius 3 is 2.76 bits per heavy atom. The highest BCUT2D eigenvalue weighted by Crippen LogP contribution is 2.21. The highest BCUT2D eigenvalue weighted by atomic mass is 32.2. The van der Waals surface area contributed by atoms with Gasteiger partial charge >= 0.3 is 0 Å². The summed E-state index contributed by atoms with van der Waals surface area (Å²) in [7, 11) is 0. The molecular weight excluding hydrogens is 334 g/mol. The summed E-state index contributed by atoms with van der Waals surface area (Å²) in [5, 5.41) is 9.60. The molecule has 0 bridgehead atoms. The van der Waals surface area contributed by atoms with Crippen molar-refractivity contribution < 1.29 is 9.21 Å². The molecule has 6 heteroatoms. The fourth-order valence-corrected chi connectivity index (χ4v) is 3.03. The van der Waals surface area contributed by atoms with Crippen LogP contribution in [0.3, 0.4) is 0 Å². The van der Waals surface area contributed by atoms with Gasteiger partial charge in [-0.25, -0.2) is 4.98 Å². The van der Waals surface area contributed by atoms with Crippen LogP contribution in [0.5, 0.6) is 0 Å². The first kappa shape index (κ1) is 16.8. The maximum absolute atomic E-state index is 12.8. The van der Waals surface area contributed by atoms with Gasteiger partial charge in [-0.15, -0.1) is 0 Å². The lowest BCUT2D eigenvalue weighted by molar-refractivity contribution is -0.116. The van der Waals surface area contributed by atoms with E-state index in [4.69, 9.17) is 9.68 Å². The number of benzene rings is 1. The topological polar surface area (TPSA) is 70.1 Å². The third-order valence-electron chi connectivity index (χ3n) is 3.47. The molecule has 0 spiro atoms. The number of nitriles is 1. The minimum Gasteiger partial charge on any atom is -0.467 e. The van der Waals surface area contributed by atoms with Crippen molar-refractivity contribution in [2.45, 2.75) is 11.6 Å². The normalized spacial score (nSPS) is 10.2. The molecule has 0 saturated carbocycles. The SMILES string of the molecule is N#Cc1ccnc(SCC(=O)N(Cc2ccco2)c2ccccc2)c1. The van der Waals surface area contributed by atoms with Crippen molar-refractivity contribution in [1.29, 1.82) is 5.26 Å². The van der Waals surface area contributed by atoms with Crippen LogP contribution in [-0.2, 0) is 11.3 Å². The van der Waals surface area contributed by atoms with Gasteiger partial charge in [0.05, 0.1) is 35.2 Å². The Morgan fingerprint density at radius 2 is 2.04 bits per heavy atom. The van der Waals surface area contributed by atoms with Crippen LogP contribution < -0.4 is 4.90 Å². The molecule has 3 aromatic rings. The second kappa shape index (κ2) is 8.18. The molecule has 25 heavy (non-hydrogen) atoms. The molecule has 0 unspecified atom stereocenters. The molecule has 3 rings (SSSR count). The lowest BCUT2D eigenvalue weighted by atomic mass is 10.2.